The average molecular weight is 470 g/mol. The fraction of sp³-hybridized carbons (Fsp3) is 0.458. The van der Waals surface area contributed by atoms with Gasteiger partial charge in [-0.3, -0.25) is 19.4 Å². The molecular weight excluding hydrogens is 438 g/mol. The summed E-state index contributed by atoms with van der Waals surface area (Å²) >= 11 is 0. The molecular formula is C24H31N5O5. The molecule has 0 unspecified atom stereocenters. The van der Waals surface area contributed by atoms with Gasteiger partial charge in [-0.05, 0) is 25.1 Å². The van der Waals surface area contributed by atoms with E-state index in [1.807, 2.05) is 13.8 Å². The molecule has 10 heteroatoms. The van der Waals surface area contributed by atoms with Crippen LogP contribution in [0.5, 0.6) is 5.75 Å². The number of hydrogen-bond acceptors (Lipinski definition) is 7. The maximum atomic E-state index is 13.4. The van der Waals surface area contributed by atoms with Crippen molar-refractivity contribution in [3.8, 4) is 5.75 Å². The quantitative estimate of drug-likeness (QED) is 0.732. The SMILES string of the molecule is CO[C@H]1CN(C)C(=O)c2cc(NC(=O)c3cnccn3)ccc2OC[C@@H](C)N(C(C)=O)C[C@@H]1C. The molecule has 1 aliphatic heterocycles. The molecule has 1 aromatic carbocycles. The summed E-state index contributed by atoms with van der Waals surface area (Å²) in [5.74, 6) is -0.407. The summed E-state index contributed by atoms with van der Waals surface area (Å²) in [6, 6.07) is 4.65. The van der Waals surface area contributed by atoms with E-state index in [9.17, 15) is 14.4 Å². The zero-order valence-corrected chi connectivity index (χ0v) is 20.1. The number of methoxy groups -OCH3 is 1. The lowest BCUT2D eigenvalue weighted by Gasteiger charge is -2.35. The number of nitrogens with one attached hydrogen (secondary N) is 1. The molecule has 3 amide bonds. The Morgan fingerprint density at radius 1 is 1.21 bits per heavy atom. The zero-order valence-electron chi connectivity index (χ0n) is 20.1. The number of amides is 3. The van der Waals surface area contributed by atoms with Crippen molar-refractivity contribution < 1.29 is 23.9 Å². The van der Waals surface area contributed by atoms with Crippen LogP contribution in [0.25, 0.3) is 0 Å². The van der Waals surface area contributed by atoms with Crippen LogP contribution in [0.3, 0.4) is 0 Å². The normalized spacial score (nSPS) is 21.6. The van der Waals surface area contributed by atoms with Gasteiger partial charge in [0.1, 0.15) is 18.1 Å². The molecule has 0 saturated heterocycles. The lowest BCUT2D eigenvalue weighted by Crippen LogP contribution is -2.48. The van der Waals surface area contributed by atoms with Crippen molar-refractivity contribution in [3.05, 3.63) is 48.0 Å². The number of carbonyl (C=O) groups is 3. The Kier molecular flexibility index (Phi) is 8.17. The van der Waals surface area contributed by atoms with Crippen LogP contribution in [0.2, 0.25) is 0 Å². The Hall–Kier alpha value is -3.53. The van der Waals surface area contributed by atoms with E-state index in [4.69, 9.17) is 9.47 Å². The Bertz CT molecular complexity index is 1030. The van der Waals surface area contributed by atoms with Gasteiger partial charge >= 0.3 is 0 Å². The van der Waals surface area contributed by atoms with E-state index in [0.29, 0.717) is 30.1 Å². The highest BCUT2D eigenvalue weighted by Crippen LogP contribution is 2.26. The molecule has 0 bridgehead atoms. The molecule has 0 aliphatic carbocycles. The van der Waals surface area contributed by atoms with Gasteiger partial charge in [-0.1, -0.05) is 6.92 Å². The Labute approximate surface area is 199 Å². The minimum absolute atomic E-state index is 0.0110. The first-order valence-electron chi connectivity index (χ1n) is 11.1. The van der Waals surface area contributed by atoms with Crippen LogP contribution in [-0.2, 0) is 9.53 Å². The van der Waals surface area contributed by atoms with Gasteiger partial charge in [-0.2, -0.15) is 0 Å². The van der Waals surface area contributed by atoms with Gasteiger partial charge in [0.25, 0.3) is 11.8 Å². The fourth-order valence-corrected chi connectivity index (χ4v) is 3.90. The van der Waals surface area contributed by atoms with Crippen LogP contribution >= 0.6 is 0 Å². The third-order valence-corrected chi connectivity index (χ3v) is 5.90. The molecule has 1 aliphatic rings. The van der Waals surface area contributed by atoms with Gasteiger partial charge in [-0.15, -0.1) is 0 Å². The number of hydrogen-bond donors (Lipinski definition) is 1. The maximum absolute atomic E-state index is 13.4. The van der Waals surface area contributed by atoms with Crippen molar-refractivity contribution >= 4 is 23.4 Å². The minimum Gasteiger partial charge on any atom is -0.491 e. The van der Waals surface area contributed by atoms with E-state index in [0.717, 1.165) is 0 Å². The molecule has 2 heterocycles. The van der Waals surface area contributed by atoms with E-state index in [2.05, 4.69) is 15.3 Å². The number of carbonyl (C=O) groups excluding carboxylic acids is 3. The highest BCUT2D eigenvalue weighted by Gasteiger charge is 2.29. The summed E-state index contributed by atoms with van der Waals surface area (Å²) in [5, 5.41) is 2.74. The smallest absolute Gasteiger partial charge is 0.275 e. The number of nitrogens with zero attached hydrogens (tertiary/aromatic N) is 4. The first-order chi connectivity index (χ1) is 16.2. The number of anilines is 1. The van der Waals surface area contributed by atoms with Crippen molar-refractivity contribution in [1.82, 2.24) is 19.8 Å². The predicted molar refractivity (Wildman–Crippen MR) is 126 cm³/mol. The highest BCUT2D eigenvalue weighted by atomic mass is 16.5. The standard InChI is InChI=1S/C24H31N5O5/c1-15-12-29(17(3)30)16(2)14-34-21-7-6-18(27-23(31)20-11-25-8-9-26-20)10-19(21)24(32)28(4)13-22(15)33-5/h6-11,15-16,22H,12-14H2,1-5H3,(H,27,31)/t15-,16+,22-/m0/s1. The first-order valence-corrected chi connectivity index (χ1v) is 11.1. The van der Waals surface area contributed by atoms with E-state index in [1.165, 1.54) is 25.5 Å². The minimum atomic E-state index is -0.443. The number of ether oxygens (including phenoxy) is 2. The molecule has 1 aromatic heterocycles. The van der Waals surface area contributed by atoms with Gasteiger partial charge in [0.15, 0.2) is 0 Å². The lowest BCUT2D eigenvalue weighted by atomic mass is 10.0. The molecule has 0 radical (unpaired) electrons. The second-order valence-electron chi connectivity index (χ2n) is 8.52. The van der Waals surface area contributed by atoms with Crippen molar-refractivity contribution in [3.63, 3.8) is 0 Å². The third kappa shape index (κ3) is 5.88. The zero-order chi connectivity index (χ0) is 24.8. The van der Waals surface area contributed by atoms with Crippen molar-refractivity contribution in [2.45, 2.75) is 32.9 Å². The molecule has 1 N–H and O–H groups in total. The highest BCUT2D eigenvalue weighted by molar-refractivity contribution is 6.04. The van der Waals surface area contributed by atoms with Gasteiger partial charge in [-0.25, -0.2) is 4.98 Å². The Morgan fingerprint density at radius 2 is 1.97 bits per heavy atom. The maximum Gasteiger partial charge on any atom is 0.275 e. The molecule has 10 nitrogen and oxygen atoms in total. The Morgan fingerprint density at radius 3 is 2.62 bits per heavy atom. The van der Waals surface area contributed by atoms with Gasteiger partial charge in [0.05, 0.1) is 23.9 Å². The second-order valence-corrected chi connectivity index (χ2v) is 8.52. The molecule has 182 valence electrons. The number of benzene rings is 1. The van der Waals surface area contributed by atoms with Gasteiger partial charge < -0.3 is 24.6 Å². The number of rotatable bonds is 3. The molecule has 2 aromatic rings. The van der Waals surface area contributed by atoms with E-state index in [-0.39, 0.29) is 42.2 Å². The molecule has 3 rings (SSSR count). The fourth-order valence-electron chi connectivity index (χ4n) is 3.90. The molecule has 0 spiro atoms. The third-order valence-electron chi connectivity index (χ3n) is 5.90. The predicted octanol–water partition coefficient (Wildman–Crippen LogP) is 2.08. The van der Waals surface area contributed by atoms with Crippen LogP contribution in [-0.4, -0.2) is 83.5 Å². The van der Waals surface area contributed by atoms with Crippen LogP contribution in [0.4, 0.5) is 5.69 Å². The van der Waals surface area contributed by atoms with Crippen LogP contribution in [0.15, 0.2) is 36.8 Å². The van der Waals surface area contributed by atoms with Gasteiger partial charge in [0, 0.05) is 58.2 Å². The van der Waals surface area contributed by atoms with Crippen LogP contribution < -0.4 is 10.1 Å². The van der Waals surface area contributed by atoms with Crippen molar-refractivity contribution in [2.75, 3.05) is 39.2 Å². The van der Waals surface area contributed by atoms with Crippen LogP contribution in [0.1, 0.15) is 41.6 Å². The monoisotopic (exact) mass is 469 g/mol. The summed E-state index contributed by atoms with van der Waals surface area (Å²) in [5.41, 5.74) is 0.871. The topological polar surface area (TPSA) is 114 Å². The molecule has 3 atom stereocenters. The van der Waals surface area contributed by atoms with Crippen molar-refractivity contribution in [2.24, 2.45) is 5.92 Å². The summed E-state index contributed by atoms with van der Waals surface area (Å²) in [6.45, 7) is 6.46. The number of aromatic nitrogens is 2. The van der Waals surface area contributed by atoms with E-state index < -0.39 is 5.91 Å². The summed E-state index contributed by atoms with van der Waals surface area (Å²) in [4.78, 5) is 49.4. The van der Waals surface area contributed by atoms with Crippen LogP contribution in [0, 0.1) is 5.92 Å². The largest absolute Gasteiger partial charge is 0.491 e. The average Bonchev–Trinajstić information content (AvgIpc) is 2.83. The van der Waals surface area contributed by atoms with E-state index in [1.54, 1.807) is 42.2 Å². The number of fused-ring (bicyclic) bond motifs is 1. The Balaban J connectivity index is 1.94. The second kappa shape index (κ2) is 11.1. The molecule has 34 heavy (non-hydrogen) atoms. The first kappa shape index (κ1) is 25.1. The summed E-state index contributed by atoms with van der Waals surface area (Å²) in [7, 11) is 3.29. The lowest BCUT2D eigenvalue weighted by molar-refractivity contribution is -0.133. The van der Waals surface area contributed by atoms with Crippen molar-refractivity contribution in [1.29, 1.82) is 0 Å². The summed E-state index contributed by atoms with van der Waals surface area (Å²) in [6.07, 6.45) is 4.00. The molecule has 0 fully saturated rings. The van der Waals surface area contributed by atoms with Gasteiger partial charge in [0.2, 0.25) is 5.91 Å². The summed E-state index contributed by atoms with van der Waals surface area (Å²) < 4.78 is 11.7. The molecule has 0 saturated carbocycles. The number of likely N-dealkylation sites (N-methyl/N-ethyl adjacent to an activating group) is 1. The van der Waals surface area contributed by atoms with E-state index >= 15 is 0 Å².